The Bertz CT molecular complexity index is 998. The summed E-state index contributed by atoms with van der Waals surface area (Å²) in [6.45, 7) is 2.14. The van der Waals surface area contributed by atoms with Crippen LogP contribution in [0.3, 0.4) is 0 Å². The molecule has 0 atom stereocenters. The molecule has 25 heavy (non-hydrogen) atoms. The van der Waals surface area contributed by atoms with Crippen LogP contribution >= 0.6 is 11.3 Å². The summed E-state index contributed by atoms with van der Waals surface area (Å²) in [5.74, 6) is 0.658. The molecular formula is C20H20N2O2S. The number of hydrogen-bond donors (Lipinski definition) is 0. The summed E-state index contributed by atoms with van der Waals surface area (Å²) >= 11 is 1.54. The van der Waals surface area contributed by atoms with Crippen molar-refractivity contribution in [2.24, 2.45) is 0 Å². The van der Waals surface area contributed by atoms with Gasteiger partial charge in [0.2, 0.25) is 0 Å². The predicted molar refractivity (Wildman–Crippen MR) is 100 cm³/mol. The van der Waals surface area contributed by atoms with Crippen molar-refractivity contribution >= 4 is 27.3 Å². The Morgan fingerprint density at radius 1 is 1.32 bits per heavy atom. The fraction of sp³-hybridized carbons (Fsp3) is 0.350. The monoisotopic (exact) mass is 352 g/mol. The highest BCUT2D eigenvalue weighted by Gasteiger charge is 2.26. The maximum Gasteiger partial charge on any atom is 0.262 e. The minimum atomic E-state index is -0.121. The van der Waals surface area contributed by atoms with Crippen LogP contribution in [0.2, 0.25) is 0 Å². The number of ketones is 1. The molecule has 0 amide bonds. The molecule has 4 nitrogen and oxygen atoms in total. The van der Waals surface area contributed by atoms with Crippen LogP contribution in [0.15, 0.2) is 41.5 Å². The molecule has 0 radical (unpaired) electrons. The number of carbonyl (C=O) groups excluding carboxylic acids is 1. The van der Waals surface area contributed by atoms with Crippen molar-refractivity contribution in [3.8, 4) is 0 Å². The lowest BCUT2D eigenvalue weighted by Gasteiger charge is -2.09. The van der Waals surface area contributed by atoms with Crippen molar-refractivity contribution in [3.63, 3.8) is 0 Å². The van der Waals surface area contributed by atoms with Gasteiger partial charge in [-0.3, -0.25) is 14.2 Å². The van der Waals surface area contributed by atoms with Crippen molar-refractivity contribution in [1.82, 2.24) is 9.55 Å². The molecule has 3 aromatic rings. The molecule has 1 fully saturated rings. The molecule has 2 aromatic heterocycles. The molecule has 0 spiro atoms. The lowest BCUT2D eigenvalue weighted by atomic mass is 9.99. The second-order valence-electron chi connectivity index (χ2n) is 6.65. The zero-order valence-corrected chi connectivity index (χ0v) is 15.0. The van der Waals surface area contributed by atoms with Gasteiger partial charge in [0.05, 0.1) is 18.3 Å². The smallest absolute Gasteiger partial charge is 0.262 e. The molecule has 128 valence electrons. The number of nitrogens with zero attached hydrogens (tertiary/aromatic N) is 2. The van der Waals surface area contributed by atoms with Crippen LogP contribution in [0.5, 0.6) is 0 Å². The first-order valence-electron chi connectivity index (χ1n) is 8.73. The van der Waals surface area contributed by atoms with Gasteiger partial charge in [0.25, 0.3) is 5.56 Å². The molecule has 5 heteroatoms. The molecule has 0 bridgehead atoms. The number of Topliss-reactive ketones (excluding diaryl/α,β-unsaturated/α-hetero) is 1. The Balaban J connectivity index is 1.56. The Kier molecular flexibility index (Phi) is 4.25. The highest BCUT2D eigenvalue weighted by Crippen LogP contribution is 2.41. The van der Waals surface area contributed by atoms with Crippen molar-refractivity contribution < 1.29 is 4.79 Å². The van der Waals surface area contributed by atoms with Crippen LogP contribution < -0.4 is 5.56 Å². The molecule has 1 saturated carbocycles. The fourth-order valence-electron chi connectivity index (χ4n) is 3.24. The van der Waals surface area contributed by atoms with E-state index in [2.05, 4.69) is 18.0 Å². The molecule has 0 saturated heterocycles. The molecule has 0 unspecified atom stereocenters. The number of thiophene rings is 1. The van der Waals surface area contributed by atoms with Crippen LogP contribution in [0, 0.1) is 0 Å². The van der Waals surface area contributed by atoms with Gasteiger partial charge >= 0.3 is 0 Å². The summed E-state index contributed by atoms with van der Waals surface area (Å²) in [6, 6.07) is 10.1. The number of carbonyl (C=O) groups is 1. The van der Waals surface area contributed by atoms with Crippen molar-refractivity contribution in [3.05, 3.63) is 63.0 Å². The van der Waals surface area contributed by atoms with E-state index >= 15 is 0 Å². The summed E-state index contributed by atoms with van der Waals surface area (Å²) in [5.41, 5.74) is 2.27. The third-order valence-electron chi connectivity index (χ3n) is 4.72. The zero-order valence-electron chi connectivity index (χ0n) is 14.2. The quantitative estimate of drug-likeness (QED) is 0.679. The summed E-state index contributed by atoms with van der Waals surface area (Å²) in [5, 5.41) is 0.621. The van der Waals surface area contributed by atoms with E-state index in [-0.39, 0.29) is 17.9 Å². The number of fused-ring (bicyclic) bond motifs is 1. The topological polar surface area (TPSA) is 52.0 Å². The van der Waals surface area contributed by atoms with Gasteiger partial charge in [-0.25, -0.2) is 4.98 Å². The number of hydrogen-bond acceptors (Lipinski definition) is 4. The molecule has 1 aromatic carbocycles. The van der Waals surface area contributed by atoms with Gasteiger partial charge < -0.3 is 0 Å². The second-order valence-corrected chi connectivity index (χ2v) is 7.77. The lowest BCUT2D eigenvalue weighted by molar-refractivity contribution is -0.119. The van der Waals surface area contributed by atoms with E-state index in [1.54, 1.807) is 11.3 Å². The Labute approximate surface area is 150 Å². The fourth-order valence-corrected chi connectivity index (χ4v) is 4.17. The Hall–Kier alpha value is -2.27. The molecule has 4 rings (SSSR count). The van der Waals surface area contributed by atoms with Crippen LogP contribution in [0.25, 0.3) is 10.2 Å². The zero-order chi connectivity index (χ0) is 17.4. The SMILES string of the molecule is CCc1cc2c(=O)n(CC(=O)Cc3ccccc3C3CC3)cnc2s1. The first-order chi connectivity index (χ1) is 12.2. The minimum absolute atomic E-state index is 0.0438. The number of aryl methyl sites for hydroxylation is 1. The highest BCUT2D eigenvalue weighted by atomic mass is 32.1. The highest BCUT2D eigenvalue weighted by molar-refractivity contribution is 7.18. The van der Waals surface area contributed by atoms with Gasteiger partial charge in [-0.1, -0.05) is 31.2 Å². The van der Waals surface area contributed by atoms with E-state index in [4.69, 9.17) is 0 Å². The Morgan fingerprint density at radius 3 is 2.88 bits per heavy atom. The molecule has 1 aliphatic rings. The van der Waals surface area contributed by atoms with E-state index in [0.717, 1.165) is 21.7 Å². The van der Waals surface area contributed by atoms with Gasteiger partial charge in [-0.15, -0.1) is 11.3 Å². The van der Waals surface area contributed by atoms with Gasteiger partial charge in [0, 0.05) is 11.3 Å². The third-order valence-corrected chi connectivity index (χ3v) is 5.91. The predicted octanol–water partition coefficient (Wildman–Crippen LogP) is 3.71. The maximum atomic E-state index is 12.6. The molecule has 0 N–H and O–H groups in total. The van der Waals surface area contributed by atoms with Crippen LogP contribution in [-0.4, -0.2) is 15.3 Å². The number of rotatable bonds is 6. The minimum Gasteiger partial charge on any atom is -0.297 e. The molecule has 2 heterocycles. The Morgan fingerprint density at radius 2 is 2.12 bits per heavy atom. The second kappa shape index (κ2) is 6.56. The normalized spacial score (nSPS) is 14.1. The number of benzene rings is 1. The van der Waals surface area contributed by atoms with E-state index < -0.39 is 0 Å². The summed E-state index contributed by atoms with van der Waals surface area (Å²) in [6.07, 6.45) is 5.19. The summed E-state index contributed by atoms with van der Waals surface area (Å²) in [4.78, 5) is 31.4. The number of aromatic nitrogens is 2. The first-order valence-corrected chi connectivity index (χ1v) is 9.54. The van der Waals surface area contributed by atoms with E-state index in [9.17, 15) is 9.59 Å². The average Bonchev–Trinajstić information content (AvgIpc) is 3.36. The van der Waals surface area contributed by atoms with Gasteiger partial charge in [0.1, 0.15) is 4.83 Å². The van der Waals surface area contributed by atoms with Crippen molar-refractivity contribution in [2.45, 2.75) is 45.1 Å². The van der Waals surface area contributed by atoms with Gasteiger partial charge in [-0.2, -0.15) is 0 Å². The van der Waals surface area contributed by atoms with Gasteiger partial charge in [0.15, 0.2) is 5.78 Å². The van der Waals surface area contributed by atoms with Crippen molar-refractivity contribution in [2.75, 3.05) is 0 Å². The van der Waals surface area contributed by atoms with E-state index in [1.807, 2.05) is 24.3 Å². The van der Waals surface area contributed by atoms with Crippen LogP contribution in [-0.2, 0) is 24.2 Å². The first kappa shape index (κ1) is 16.2. The standard InChI is InChI=1S/C20H20N2O2S/c1-2-16-10-18-19(25-16)21-12-22(20(18)24)11-15(23)9-14-5-3-4-6-17(14)13-7-8-13/h3-6,10,12-13H,2,7-9,11H2,1H3. The maximum absolute atomic E-state index is 12.6. The summed E-state index contributed by atoms with van der Waals surface area (Å²) in [7, 11) is 0. The summed E-state index contributed by atoms with van der Waals surface area (Å²) < 4.78 is 1.44. The molecule has 0 aliphatic heterocycles. The average molecular weight is 352 g/mol. The third kappa shape index (κ3) is 3.29. The van der Waals surface area contributed by atoms with Crippen LogP contribution in [0.4, 0.5) is 0 Å². The van der Waals surface area contributed by atoms with E-state index in [0.29, 0.717) is 17.7 Å². The van der Waals surface area contributed by atoms with Gasteiger partial charge in [-0.05, 0) is 42.4 Å². The molecule has 1 aliphatic carbocycles. The van der Waals surface area contributed by atoms with Crippen molar-refractivity contribution in [1.29, 1.82) is 0 Å². The molecular weight excluding hydrogens is 332 g/mol. The van der Waals surface area contributed by atoms with Crippen LogP contribution in [0.1, 0.15) is 41.7 Å². The largest absolute Gasteiger partial charge is 0.297 e. The van der Waals surface area contributed by atoms with E-state index in [1.165, 1.54) is 29.3 Å². The lowest BCUT2D eigenvalue weighted by Crippen LogP contribution is -2.25.